The van der Waals surface area contributed by atoms with Crippen molar-refractivity contribution in [2.24, 2.45) is 4.99 Å². The van der Waals surface area contributed by atoms with Gasteiger partial charge in [0.1, 0.15) is 18.0 Å². The molecular formula is C23H31N5OS. The van der Waals surface area contributed by atoms with Gasteiger partial charge in [-0.05, 0) is 43.7 Å². The lowest BCUT2D eigenvalue weighted by Gasteiger charge is -2.23. The second-order valence-electron chi connectivity index (χ2n) is 7.43. The zero-order chi connectivity index (χ0) is 21.2. The predicted molar refractivity (Wildman–Crippen MR) is 124 cm³/mol. The van der Waals surface area contributed by atoms with Crippen LogP contribution in [0.25, 0.3) is 0 Å². The summed E-state index contributed by atoms with van der Waals surface area (Å²) in [6, 6.07) is 14.4. The van der Waals surface area contributed by atoms with Gasteiger partial charge >= 0.3 is 0 Å². The molecule has 0 fully saturated rings. The summed E-state index contributed by atoms with van der Waals surface area (Å²) in [5.41, 5.74) is 0.411. The Morgan fingerprint density at radius 2 is 2.03 bits per heavy atom. The number of aromatic nitrogens is 2. The molecule has 3 rings (SSSR count). The summed E-state index contributed by atoms with van der Waals surface area (Å²) >= 11 is 1.55. The van der Waals surface area contributed by atoms with E-state index < -0.39 is 5.60 Å². The lowest BCUT2D eigenvalue weighted by Crippen LogP contribution is -2.44. The van der Waals surface area contributed by atoms with Gasteiger partial charge in [-0.2, -0.15) is 0 Å². The maximum Gasteiger partial charge on any atom is 0.191 e. The second kappa shape index (κ2) is 10.9. The van der Waals surface area contributed by atoms with E-state index >= 15 is 0 Å². The topological polar surface area (TPSA) is 74.5 Å². The highest BCUT2D eigenvalue weighted by molar-refractivity contribution is 7.10. The van der Waals surface area contributed by atoms with Crippen LogP contribution < -0.4 is 10.6 Å². The number of rotatable bonds is 10. The van der Waals surface area contributed by atoms with E-state index in [0.717, 1.165) is 36.6 Å². The molecule has 1 atom stereocenters. The maximum absolute atomic E-state index is 10.7. The summed E-state index contributed by atoms with van der Waals surface area (Å²) in [4.78, 5) is 10.1. The minimum absolute atomic E-state index is 0.380. The number of aliphatic hydroxyl groups is 1. The number of imidazole rings is 1. The van der Waals surface area contributed by atoms with Gasteiger partial charge in [0.25, 0.3) is 0 Å². The first-order valence-corrected chi connectivity index (χ1v) is 11.3. The van der Waals surface area contributed by atoms with Gasteiger partial charge in [0.05, 0.1) is 6.54 Å². The fourth-order valence-electron chi connectivity index (χ4n) is 3.21. The van der Waals surface area contributed by atoms with Gasteiger partial charge in [-0.25, -0.2) is 9.98 Å². The van der Waals surface area contributed by atoms with Gasteiger partial charge in [0, 0.05) is 30.4 Å². The largest absolute Gasteiger partial charge is 0.383 e. The first-order valence-electron chi connectivity index (χ1n) is 10.4. The van der Waals surface area contributed by atoms with Crippen LogP contribution in [-0.4, -0.2) is 33.7 Å². The molecule has 3 N–H and O–H groups in total. The highest BCUT2D eigenvalue weighted by Gasteiger charge is 2.24. The van der Waals surface area contributed by atoms with E-state index in [9.17, 15) is 5.11 Å². The Morgan fingerprint density at radius 1 is 1.20 bits per heavy atom. The van der Waals surface area contributed by atoms with Crippen LogP contribution in [0.3, 0.4) is 0 Å². The number of aliphatic imine (C=N–C) groups is 1. The Morgan fingerprint density at radius 3 is 2.77 bits per heavy atom. The lowest BCUT2D eigenvalue weighted by molar-refractivity contribution is 0.0655. The van der Waals surface area contributed by atoms with Crippen molar-refractivity contribution in [1.82, 2.24) is 20.2 Å². The predicted octanol–water partition coefficient (Wildman–Crippen LogP) is 3.54. The Hall–Kier alpha value is -2.64. The molecule has 3 aromatic rings. The molecule has 1 unspecified atom stereocenters. The molecule has 0 aliphatic heterocycles. The highest BCUT2D eigenvalue weighted by Crippen LogP contribution is 2.24. The van der Waals surface area contributed by atoms with Crippen LogP contribution in [0.15, 0.2) is 65.2 Å². The van der Waals surface area contributed by atoms with E-state index in [1.54, 1.807) is 11.3 Å². The first kappa shape index (κ1) is 22.1. The molecule has 0 saturated heterocycles. The number of hydrogen-bond donors (Lipinski definition) is 3. The van der Waals surface area contributed by atoms with Crippen LogP contribution in [0, 0.1) is 0 Å². The monoisotopic (exact) mass is 425 g/mol. The zero-order valence-electron chi connectivity index (χ0n) is 17.7. The summed E-state index contributed by atoms with van der Waals surface area (Å²) in [6.07, 6.45) is 5.94. The molecule has 0 aliphatic carbocycles. The Labute approximate surface area is 182 Å². The third kappa shape index (κ3) is 6.43. The highest BCUT2D eigenvalue weighted by atomic mass is 32.1. The number of nitrogens with one attached hydrogen (secondary N) is 2. The molecule has 0 bridgehead atoms. The molecule has 0 saturated carbocycles. The maximum atomic E-state index is 10.7. The Kier molecular flexibility index (Phi) is 8.04. The number of thiophene rings is 1. The van der Waals surface area contributed by atoms with Crippen LogP contribution >= 0.6 is 11.3 Å². The molecule has 1 aromatic carbocycles. The van der Waals surface area contributed by atoms with Gasteiger partial charge in [-0.1, -0.05) is 36.4 Å². The third-order valence-corrected chi connectivity index (χ3v) is 6.01. The second-order valence-corrected chi connectivity index (χ2v) is 8.37. The number of guanidine groups is 1. The fourth-order valence-corrected chi connectivity index (χ4v) is 4.00. The third-order valence-electron chi connectivity index (χ3n) is 4.88. The summed E-state index contributed by atoms with van der Waals surface area (Å²) in [6.45, 7) is 6.36. The molecule has 0 aliphatic rings. The van der Waals surface area contributed by atoms with Gasteiger partial charge in [0.2, 0.25) is 0 Å². The van der Waals surface area contributed by atoms with Gasteiger partial charge in [-0.15, -0.1) is 11.3 Å². The van der Waals surface area contributed by atoms with Crippen molar-refractivity contribution in [3.05, 3.63) is 76.5 Å². The van der Waals surface area contributed by atoms with Gasteiger partial charge in [-0.3, -0.25) is 0 Å². The van der Waals surface area contributed by atoms with E-state index in [1.165, 1.54) is 5.56 Å². The normalized spacial score (nSPS) is 13.8. The minimum atomic E-state index is -0.944. The lowest BCUT2D eigenvalue weighted by atomic mass is 10.1. The standard InChI is InChI=1S/C23H31N5OS/c1-3-24-22(27-18-23(2,29)20-12-8-16-30-20)26-17-21-25-13-15-28(21)14-7-11-19-9-5-4-6-10-19/h4-6,8-10,12-13,15-16,29H,3,7,11,14,17-18H2,1-2H3,(H2,24,26,27). The van der Waals surface area contributed by atoms with E-state index in [2.05, 4.69) is 49.4 Å². The average molecular weight is 426 g/mol. The smallest absolute Gasteiger partial charge is 0.191 e. The minimum Gasteiger partial charge on any atom is -0.383 e. The molecule has 2 heterocycles. The average Bonchev–Trinajstić information content (AvgIpc) is 3.44. The quantitative estimate of drug-likeness (QED) is 0.343. The molecule has 6 nitrogen and oxygen atoms in total. The molecule has 2 aromatic heterocycles. The molecule has 0 spiro atoms. The van der Waals surface area contributed by atoms with Crippen LogP contribution in [-0.2, 0) is 25.1 Å². The van der Waals surface area contributed by atoms with Crippen LogP contribution in [0.5, 0.6) is 0 Å². The van der Waals surface area contributed by atoms with Crippen LogP contribution in [0.4, 0.5) is 0 Å². The van der Waals surface area contributed by atoms with Gasteiger partial charge in [0.15, 0.2) is 5.96 Å². The summed E-state index contributed by atoms with van der Waals surface area (Å²) in [5.74, 6) is 1.61. The van der Waals surface area contributed by atoms with Crippen molar-refractivity contribution in [3.8, 4) is 0 Å². The molecule has 0 radical (unpaired) electrons. The van der Waals surface area contributed by atoms with Crippen LogP contribution in [0.1, 0.15) is 36.5 Å². The summed E-state index contributed by atoms with van der Waals surface area (Å²) < 4.78 is 2.16. The summed E-state index contributed by atoms with van der Waals surface area (Å²) in [5, 5.41) is 19.2. The van der Waals surface area contributed by atoms with Gasteiger partial charge < -0.3 is 20.3 Å². The fraction of sp³-hybridized carbons (Fsp3) is 0.391. The number of aryl methyl sites for hydroxylation is 2. The SMILES string of the molecule is CCNC(=NCc1nccn1CCCc1ccccc1)NCC(C)(O)c1cccs1. The van der Waals surface area contributed by atoms with E-state index in [0.29, 0.717) is 19.0 Å². The number of hydrogen-bond acceptors (Lipinski definition) is 4. The Balaban J connectivity index is 1.55. The van der Waals surface area contributed by atoms with Crippen molar-refractivity contribution in [2.45, 2.75) is 45.4 Å². The molecule has 160 valence electrons. The van der Waals surface area contributed by atoms with E-state index in [4.69, 9.17) is 0 Å². The van der Waals surface area contributed by atoms with Crippen molar-refractivity contribution < 1.29 is 5.11 Å². The van der Waals surface area contributed by atoms with Crippen molar-refractivity contribution in [3.63, 3.8) is 0 Å². The summed E-state index contributed by atoms with van der Waals surface area (Å²) in [7, 11) is 0. The molecule has 30 heavy (non-hydrogen) atoms. The van der Waals surface area contributed by atoms with E-state index in [1.807, 2.05) is 49.8 Å². The van der Waals surface area contributed by atoms with Crippen molar-refractivity contribution in [2.75, 3.05) is 13.1 Å². The Bertz CT molecular complexity index is 903. The molecule has 0 amide bonds. The first-order chi connectivity index (χ1) is 14.6. The number of benzene rings is 1. The van der Waals surface area contributed by atoms with Crippen molar-refractivity contribution in [1.29, 1.82) is 0 Å². The molecule has 7 heteroatoms. The van der Waals surface area contributed by atoms with E-state index in [-0.39, 0.29) is 0 Å². The van der Waals surface area contributed by atoms with Crippen molar-refractivity contribution >= 4 is 17.3 Å². The molecular weight excluding hydrogens is 394 g/mol. The zero-order valence-corrected chi connectivity index (χ0v) is 18.5. The van der Waals surface area contributed by atoms with Crippen LogP contribution in [0.2, 0.25) is 0 Å². The number of nitrogens with zero attached hydrogens (tertiary/aromatic N) is 3.